The first kappa shape index (κ1) is 12.5. The van der Waals surface area contributed by atoms with Gasteiger partial charge in [0.25, 0.3) is 5.91 Å². The molecular formula is C12H17N5O. The highest BCUT2D eigenvalue weighted by Gasteiger charge is 2.43. The van der Waals surface area contributed by atoms with Crippen molar-refractivity contribution in [3.63, 3.8) is 0 Å². The Hall–Kier alpha value is -1.98. The molecule has 1 fully saturated rings. The van der Waals surface area contributed by atoms with Crippen molar-refractivity contribution in [3.05, 3.63) is 24.3 Å². The first-order valence-electron chi connectivity index (χ1n) is 5.93. The Labute approximate surface area is 106 Å². The standard InChI is InChI=1S/C12H17N5O/c1-8(2)6-15-11-16-10(18)12(3,17-11)9-7-13-4-5-14-9/h4-5,7-8H,6H2,1-3H3,(H2,15,16,17,18). The molecule has 0 aromatic carbocycles. The van der Waals surface area contributed by atoms with Crippen LogP contribution in [0.2, 0.25) is 0 Å². The minimum Gasteiger partial charge on any atom is -0.337 e. The molecule has 0 aliphatic carbocycles. The molecule has 1 unspecified atom stereocenters. The summed E-state index contributed by atoms with van der Waals surface area (Å²) in [5.41, 5.74) is -0.318. The van der Waals surface area contributed by atoms with E-state index >= 15 is 0 Å². The third-order valence-corrected chi connectivity index (χ3v) is 2.74. The molecule has 0 spiro atoms. The van der Waals surface area contributed by atoms with Gasteiger partial charge in [-0.1, -0.05) is 13.8 Å². The van der Waals surface area contributed by atoms with Crippen LogP contribution >= 0.6 is 0 Å². The molecule has 6 nitrogen and oxygen atoms in total. The van der Waals surface area contributed by atoms with Gasteiger partial charge in [-0.15, -0.1) is 0 Å². The van der Waals surface area contributed by atoms with Crippen LogP contribution < -0.4 is 10.6 Å². The van der Waals surface area contributed by atoms with Gasteiger partial charge in [-0.2, -0.15) is 0 Å². The quantitative estimate of drug-likeness (QED) is 0.811. The van der Waals surface area contributed by atoms with Gasteiger partial charge in [0.1, 0.15) is 0 Å². The monoisotopic (exact) mass is 247 g/mol. The summed E-state index contributed by atoms with van der Waals surface area (Å²) < 4.78 is 0. The molecule has 1 aromatic heterocycles. The Morgan fingerprint density at radius 2 is 2.22 bits per heavy atom. The molecule has 1 amide bonds. The van der Waals surface area contributed by atoms with Crippen LogP contribution in [0.15, 0.2) is 23.6 Å². The van der Waals surface area contributed by atoms with Crippen LogP contribution in [-0.2, 0) is 10.3 Å². The van der Waals surface area contributed by atoms with Crippen molar-refractivity contribution in [1.82, 2.24) is 20.6 Å². The van der Waals surface area contributed by atoms with Crippen LogP contribution in [0.5, 0.6) is 0 Å². The minimum absolute atomic E-state index is 0.162. The number of rotatable bonds is 3. The van der Waals surface area contributed by atoms with Crippen molar-refractivity contribution in [2.75, 3.05) is 6.54 Å². The van der Waals surface area contributed by atoms with Crippen molar-refractivity contribution in [2.45, 2.75) is 26.3 Å². The fourth-order valence-electron chi connectivity index (χ4n) is 1.65. The highest BCUT2D eigenvalue weighted by atomic mass is 16.2. The van der Waals surface area contributed by atoms with Crippen molar-refractivity contribution >= 4 is 11.9 Å². The first-order valence-corrected chi connectivity index (χ1v) is 5.93. The number of hydrogen-bond donors (Lipinski definition) is 2. The summed E-state index contributed by atoms with van der Waals surface area (Å²) >= 11 is 0. The molecule has 2 N–H and O–H groups in total. The summed E-state index contributed by atoms with van der Waals surface area (Å²) in [4.78, 5) is 24.5. The van der Waals surface area contributed by atoms with Crippen LogP contribution in [0.1, 0.15) is 26.5 Å². The normalized spacial score (nSPS) is 25.3. The van der Waals surface area contributed by atoms with E-state index in [0.29, 0.717) is 24.1 Å². The Morgan fingerprint density at radius 1 is 1.44 bits per heavy atom. The fourth-order valence-corrected chi connectivity index (χ4v) is 1.65. The Kier molecular flexibility index (Phi) is 3.27. The Morgan fingerprint density at radius 3 is 2.83 bits per heavy atom. The first-order chi connectivity index (χ1) is 8.52. The van der Waals surface area contributed by atoms with Crippen molar-refractivity contribution < 1.29 is 4.79 Å². The number of nitrogens with zero attached hydrogens (tertiary/aromatic N) is 3. The van der Waals surface area contributed by atoms with Crippen LogP contribution in [0, 0.1) is 5.92 Å². The smallest absolute Gasteiger partial charge is 0.258 e. The average molecular weight is 247 g/mol. The number of hydrogen-bond acceptors (Lipinski definition) is 4. The summed E-state index contributed by atoms with van der Waals surface area (Å²) in [5.74, 6) is 0.784. The van der Waals surface area contributed by atoms with E-state index in [0.717, 1.165) is 0 Å². The SMILES string of the molecule is CC(C)CN=C1NC(=O)C(C)(c2cnccn2)N1. The maximum Gasteiger partial charge on any atom is 0.258 e. The maximum atomic E-state index is 12.0. The van der Waals surface area contributed by atoms with Gasteiger partial charge < -0.3 is 5.32 Å². The van der Waals surface area contributed by atoms with Gasteiger partial charge >= 0.3 is 0 Å². The molecule has 1 aromatic rings. The molecule has 1 atom stereocenters. The molecule has 0 saturated carbocycles. The van der Waals surface area contributed by atoms with E-state index in [-0.39, 0.29) is 5.91 Å². The molecule has 1 aliphatic rings. The van der Waals surface area contributed by atoms with Gasteiger partial charge in [-0.3, -0.25) is 25.1 Å². The summed E-state index contributed by atoms with van der Waals surface area (Å²) in [6, 6.07) is 0. The molecular weight excluding hydrogens is 230 g/mol. The summed E-state index contributed by atoms with van der Waals surface area (Å²) in [6.07, 6.45) is 4.73. The molecule has 18 heavy (non-hydrogen) atoms. The molecule has 1 saturated heterocycles. The third-order valence-electron chi connectivity index (χ3n) is 2.74. The van der Waals surface area contributed by atoms with E-state index in [9.17, 15) is 4.79 Å². The molecule has 6 heteroatoms. The molecule has 2 rings (SSSR count). The maximum absolute atomic E-state index is 12.0. The van der Waals surface area contributed by atoms with E-state index in [1.165, 1.54) is 0 Å². The van der Waals surface area contributed by atoms with Gasteiger partial charge in [0.2, 0.25) is 0 Å². The van der Waals surface area contributed by atoms with Gasteiger partial charge in [-0.25, -0.2) is 0 Å². The number of nitrogens with one attached hydrogen (secondary N) is 2. The van der Waals surface area contributed by atoms with Gasteiger partial charge in [0, 0.05) is 18.9 Å². The zero-order valence-electron chi connectivity index (χ0n) is 10.8. The van der Waals surface area contributed by atoms with Crippen LogP contribution in [0.25, 0.3) is 0 Å². The second-order valence-electron chi connectivity index (χ2n) is 4.88. The van der Waals surface area contributed by atoms with E-state index in [4.69, 9.17) is 0 Å². The predicted octanol–water partition coefficient (Wildman–Crippen LogP) is 0.423. The van der Waals surface area contributed by atoms with Gasteiger partial charge in [0.05, 0.1) is 11.9 Å². The number of guanidine groups is 1. The number of aliphatic imine (C=N–C) groups is 1. The summed E-state index contributed by atoms with van der Waals surface area (Å²) in [5, 5.41) is 5.81. The zero-order chi connectivity index (χ0) is 13.2. The largest absolute Gasteiger partial charge is 0.337 e. The lowest BCUT2D eigenvalue weighted by molar-refractivity contribution is -0.123. The summed E-state index contributed by atoms with van der Waals surface area (Å²) in [7, 11) is 0. The van der Waals surface area contributed by atoms with E-state index in [2.05, 4.69) is 39.4 Å². The van der Waals surface area contributed by atoms with Crippen LogP contribution in [0.4, 0.5) is 0 Å². The molecule has 0 radical (unpaired) electrons. The molecule has 96 valence electrons. The minimum atomic E-state index is -0.899. The lowest BCUT2D eigenvalue weighted by atomic mass is 9.99. The Balaban J connectivity index is 2.21. The van der Waals surface area contributed by atoms with Crippen LogP contribution in [-0.4, -0.2) is 28.4 Å². The Bertz CT molecular complexity index is 471. The van der Waals surface area contributed by atoms with Gasteiger partial charge in [-0.05, 0) is 12.8 Å². The lowest BCUT2D eigenvalue weighted by Gasteiger charge is -2.19. The topological polar surface area (TPSA) is 79.3 Å². The number of amides is 1. The van der Waals surface area contributed by atoms with Crippen molar-refractivity contribution in [3.8, 4) is 0 Å². The predicted molar refractivity (Wildman–Crippen MR) is 67.8 cm³/mol. The van der Waals surface area contributed by atoms with Gasteiger partial charge in [0.15, 0.2) is 11.5 Å². The fraction of sp³-hybridized carbons (Fsp3) is 0.500. The number of carbonyl (C=O) groups is 1. The lowest BCUT2D eigenvalue weighted by Crippen LogP contribution is -2.41. The third kappa shape index (κ3) is 2.32. The zero-order valence-corrected chi connectivity index (χ0v) is 10.8. The van der Waals surface area contributed by atoms with E-state index < -0.39 is 5.54 Å². The van der Waals surface area contributed by atoms with Crippen LogP contribution in [0.3, 0.4) is 0 Å². The number of aromatic nitrogens is 2. The molecule has 2 heterocycles. The average Bonchev–Trinajstić information content (AvgIpc) is 2.65. The van der Waals surface area contributed by atoms with E-state index in [1.807, 2.05) is 0 Å². The summed E-state index contributed by atoms with van der Waals surface area (Å²) in [6.45, 7) is 6.58. The molecule has 1 aliphatic heterocycles. The van der Waals surface area contributed by atoms with E-state index in [1.54, 1.807) is 25.5 Å². The highest BCUT2D eigenvalue weighted by molar-refractivity contribution is 6.08. The van der Waals surface area contributed by atoms with Crippen molar-refractivity contribution in [2.24, 2.45) is 10.9 Å². The number of carbonyl (C=O) groups excluding carboxylic acids is 1. The molecule has 0 bridgehead atoms. The van der Waals surface area contributed by atoms with Crippen molar-refractivity contribution in [1.29, 1.82) is 0 Å². The second-order valence-corrected chi connectivity index (χ2v) is 4.88. The second kappa shape index (κ2) is 4.72. The highest BCUT2D eigenvalue weighted by Crippen LogP contribution is 2.21.